The molecule has 8 heteroatoms. The van der Waals surface area contributed by atoms with E-state index in [1.807, 2.05) is 28.8 Å². The summed E-state index contributed by atoms with van der Waals surface area (Å²) in [4.78, 5) is 4.16. The molecule has 0 amide bonds. The van der Waals surface area contributed by atoms with E-state index in [0.29, 0.717) is 19.0 Å². The normalized spacial score (nSPS) is 11.6. The molecule has 0 aliphatic carbocycles. The molecule has 0 aliphatic heterocycles. The van der Waals surface area contributed by atoms with Gasteiger partial charge in [-0.05, 0) is 29.8 Å². The lowest BCUT2D eigenvalue weighted by molar-refractivity contribution is 0.386. The molecular formula is C17H19FN6O. The second-order valence-electron chi connectivity index (χ2n) is 5.29. The van der Waals surface area contributed by atoms with Gasteiger partial charge >= 0.3 is 0 Å². The molecule has 1 aromatic carbocycles. The molecule has 0 radical (unpaired) electrons. The first-order valence-electron chi connectivity index (χ1n) is 7.77. The van der Waals surface area contributed by atoms with Crippen LogP contribution in [0.3, 0.4) is 0 Å². The van der Waals surface area contributed by atoms with E-state index in [9.17, 15) is 4.39 Å². The van der Waals surface area contributed by atoms with E-state index in [1.165, 1.54) is 13.2 Å². The maximum atomic E-state index is 13.7. The molecule has 2 aromatic heterocycles. The van der Waals surface area contributed by atoms with Crippen molar-refractivity contribution in [3.8, 4) is 5.75 Å². The average molecular weight is 342 g/mol. The van der Waals surface area contributed by atoms with Crippen molar-refractivity contribution in [2.45, 2.75) is 13.1 Å². The summed E-state index contributed by atoms with van der Waals surface area (Å²) in [5.74, 6) is 1.20. The Bertz CT molecular complexity index is 892. The van der Waals surface area contributed by atoms with Crippen LogP contribution in [0.25, 0.3) is 5.65 Å². The van der Waals surface area contributed by atoms with E-state index in [4.69, 9.17) is 4.74 Å². The van der Waals surface area contributed by atoms with Crippen LogP contribution in [0, 0.1) is 5.82 Å². The number of hydrogen-bond acceptors (Lipinski definition) is 4. The Balaban J connectivity index is 1.59. The Labute approximate surface area is 144 Å². The molecule has 3 aromatic rings. The first kappa shape index (κ1) is 16.7. The fourth-order valence-electron chi connectivity index (χ4n) is 2.40. The Kier molecular flexibility index (Phi) is 5.08. The van der Waals surface area contributed by atoms with Gasteiger partial charge in [0.1, 0.15) is 0 Å². The van der Waals surface area contributed by atoms with Crippen molar-refractivity contribution >= 4 is 11.6 Å². The van der Waals surface area contributed by atoms with Gasteiger partial charge in [0.25, 0.3) is 0 Å². The average Bonchev–Trinajstić information content (AvgIpc) is 3.05. The third-order valence-electron chi connectivity index (χ3n) is 3.70. The van der Waals surface area contributed by atoms with Gasteiger partial charge in [-0.2, -0.15) is 0 Å². The molecule has 2 N–H and O–H groups in total. The summed E-state index contributed by atoms with van der Waals surface area (Å²) in [6.07, 6.45) is 1.91. The Morgan fingerprint density at radius 3 is 2.80 bits per heavy atom. The van der Waals surface area contributed by atoms with Crippen molar-refractivity contribution in [3.05, 3.63) is 59.8 Å². The number of aliphatic imine (C=N–C) groups is 1. The molecule has 0 bridgehead atoms. The number of aromatic nitrogens is 3. The van der Waals surface area contributed by atoms with Crippen molar-refractivity contribution < 1.29 is 9.13 Å². The predicted octanol–water partition coefficient (Wildman–Crippen LogP) is 1.74. The van der Waals surface area contributed by atoms with E-state index in [0.717, 1.165) is 17.0 Å². The summed E-state index contributed by atoms with van der Waals surface area (Å²) in [5.41, 5.74) is 1.57. The molecule has 25 heavy (non-hydrogen) atoms. The van der Waals surface area contributed by atoms with Crippen molar-refractivity contribution in [3.63, 3.8) is 0 Å². The summed E-state index contributed by atoms with van der Waals surface area (Å²) < 4.78 is 20.5. The number of hydrogen-bond donors (Lipinski definition) is 2. The number of halogens is 1. The van der Waals surface area contributed by atoms with Gasteiger partial charge in [-0.3, -0.25) is 9.39 Å². The monoisotopic (exact) mass is 342 g/mol. The minimum Gasteiger partial charge on any atom is -0.494 e. The number of rotatable bonds is 5. The second kappa shape index (κ2) is 7.61. The van der Waals surface area contributed by atoms with Crippen molar-refractivity contribution in [1.82, 2.24) is 25.2 Å². The zero-order valence-electron chi connectivity index (χ0n) is 14.0. The van der Waals surface area contributed by atoms with Gasteiger partial charge in [-0.25, -0.2) is 4.39 Å². The highest BCUT2D eigenvalue weighted by Crippen LogP contribution is 2.17. The highest BCUT2D eigenvalue weighted by molar-refractivity contribution is 5.79. The van der Waals surface area contributed by atoms with Gasteiger partial charge in [0.15, 0.2) is 29.0 Å². The highest BCUT2D eigenvalue weighted by Gasteiger charge is 2.07. The van der Waals surface area contributed by atoms with Crippen LogP contribution in [0.2, 0.25) is 0 Å². The topological polar surface area (TPSA) is 75.8 Å². The van der Waals surface area contributed by atoms with Crippen LogP contribution in [0.4, 0.5) is 4.39 Å². The molecule has 0 fully saturated rings. The number of fused-ring (bicyclic) bond motifs is 1. The number of nitrogens with zero attached hydrogens (tertiary/aromatic N) is 4. The van der Waals surface area contributed by atoms with Crippen LogP contribution in [-0.4, -0.2) is 34.7 Å². The molecule has 0 atom stereocenters. The van der Waals surface area contributed by atoms with Crippen LogP contribution < -0.4 is 15.4 Å². The van der Waals surface area contributed by atoms with Crippen molar-refractivity contribution in [2.75, 3.05) is 14.2 Å². The third kappa shape index (κ3) is 3.85. The zero-order chi connectivity index (χ0) is 17.6. The van der Waals surface area contributed by atoms with Gasteiger partial charge in [-0.15, -0.1) is 10.2 Å². The van der Waals surface area contributed by atoms with Crippen LogP contribution >= 0.6 is 0 Å². The zero-order valence-corrected chi connectivity index (χ0v) is 14.0. The second-order valence-corrected chi connectivity index (χ2v) is 5.29. The molecule has 0 aliphatic rings. The van der Waals surface area contributed by atoms with Gasteiger partial charge < -0.3 is 15.4 Å². The summed E-state index contributed by atoms with van der Waals surface area (Å²) in [7, 11) is 3.11. The minimum absolute atomic E-state index is 0.227. The molecular weight excluding hydrogens is 323 g/mol. The van der Waals surface area contributed by atoms with Gasteiger partial charge in [-0.1, -0.05) is 12.1 Å². The molecule has 0 saturated carbocycles. The standard InChI is InChI=1S/C17H19FN6O/c1-19-17(20-10-12-6-7-14(25-2)13(18)9-12)21-11-16-23-22-15-5-3-4-8-24(15)16/h3-9H,10-11H2,1-2H3,(H2,19,20,21). The fourth-order valence-corrected chi connectivity index (χ4v) is 2.40. The number of guanidine groups is 1. The lowest BCUT2D eigenvalue weighted by atomic mass is 10.2. The molecule has 7 nitrogen and oxygen atoms in total. The molecule has 2 heterocycles. The van der Waals surface area contributed by atoms with E-state index >= 15 is 0 Å². The Morgan fingerprint density at radius 2 is 2.04 bits per heavy atom. The predicted molar refractivity (Wildman–Crippen MR) is 93.0 cm³/mol. The minimum atomic E-state index is -0.389. The van der Waals surface area contributed by atoms with Crippen LogP contribution in [-0.2, 0) is 13.1 Å². The van der Waals surface area contributed by atoms with Crippen LogP contribution in [0.15, 0.2) is 47.6 Å². The molecule has 0 unspecified atom stereocenters. The maximum absolute atomic E-state index is 13.7. The SMILES string of the molecule is CN=C(NCc1ccc(OC)c(F)c1)NCc1nnc2ccccn12. The van der Waals surface area contributed by atoms with Crippen LogP contribution in [0.1, 0.15) is 11.4 Å². The van der Waals surface area contributed by atoms with Crippen molar-refractivity contribution in [2.24, 2.45) is 4.99 Å². The van der Waals surface area contributed by atoms with Gasteiger partial charge in [0.05, 0.1) is 13.7 Å². The third-order valence-corrected chi connectivity index (χ3v) is 3.70. The molecule has 0 saturated heterocycles. The smallest absolute Gasteiger partial charge is 0.191 e. The largest absolute Gasteiger partial charge is 0.494 e. The van der Waals surface area contributed by atoms with Crippen molar-refractivity contribution in [1.29, 1.82) is 0 Å². The van der Waals surface area contributed by atoms with Gasteiger partial charge in [0.2, 0.25) is 0 Å². The van der Waals surface area contributed by atoms with E-state index in [-0.39, 0.29) is 11.6 Å². The quantitative estimate of drug-likeness (QED) is 0.546. The summed E-state index contributed by atoms with van der Waals surface area (Å²) in [5, 5.41) is 14.6. The molecule has 3 rings (SSSR count). The van der Waals surface area contributed by atoms with Gasteiger partial charge in [0, 0.05) is 19.8 Å². The van der Waals surface area contributed by atoms with E-state index < -0.39 is 0 Å². The lowest BCUT2D eigenvalue weighted by Gasteiger charge is -2.12. The van der Waals surface area contributed by atoms with E-state index in [1.54, 1.807) is 19.2 Å². The fraction of sp³-hybridized carbons (Fsp3) is 0.235. The number of methoxy groups -OCH3 is 1. The lowest BCUT2D eigenvalue weighted by Crippen LogP contribution is -2.36. The first-order chi connectivity index (χ1) is 12.2. The number of pyridine rings is 1. The maximum Gasteiger partial charge on any atom is 0.191 e. The number of ether oxygens (including phenoxy) is 1. The Morgan fingerprint density at radius 1 is 1.20 bits per heavy atom. The van der Waals surface area contributed by atoms with E-state index in [2.05, 4.69) is 25.8 Å². The van der Waals surface area contributed by atoms with Crippen LogP contribution in [0.5, 0.6) is 5.75 Å². The number of nitrogens with one attached hydrogen (secondary N) is 2. The first-order valence-corrected chi connectivity index (χ1v) is 7.77. The highest BCUT2D eigenvalue weighted by atomic mass is 19.1. The number of benzene rings is 1. The summed E-state index contributed by atoms with van der Waals surface area (Å²) in [6, 6.07) is 10.6. The Hall–Kier alpha value is -3.16. The summed E-state index contributed by atoms with van der Waals surface area (Å²) in [6.45, 7) is 0.892. The molecule has 0 spiro atoms. The summed E-state index contributed by atoms with van der Waals surface area (Å²) >= 11 is 0. The molecule has 130 valence electrons.